The van der Waals surface area contributed by atoms with E-state index in [2.05, 4.69) is 257 Å². The van der Waals surface area contributed by atoms with Gasteiger partial charge in [0.1, 0.15) is 0 Å². The van der Waals surface area contributed by atoms with Crippen molar-refractivity contribution < 1.29 is 0 Å². The van der Waals surface area contributed by atoms with Gasteiger partial charge in [0.25, 0.3) is 0 Å². The summed E-state index contributed by atoms with van der Waals surface area (Å²) in [6.45, 7) is 13.9. The summed E-state index contributed by atoms with van der Waals surface area (Å²) >= 11 is 0. The molecule has 0 aliphatic heterocycles. The molecule has 1 heterocycles. The van der Waals surface area contributed by atoms with E-state index in [1.807, 2.05) is 0 Å². The molecule has 2 nitrogen and oxygen atoms in total. The Morgan fingerprint density at radius 2 is 0.935 bits per heavy atom. The highest BCUT2D eigenvalue weighted by atomic mass is 15.1. The monoisotopic (exact) mass is 800 g/mol. The second-order valence-corrected chi connectivity index (χ2v) is 18.7. The smallest absolute Gasteiger partial charge is 0.0541 e. The van der Waals surface area contributed by atoms with Gasteiger partial charge < -0.3 is 9.47 Å². The van der Waals surface area contributed by atoms with Gasteiger partial charge in [-0.05, 0) is 121 Å². The van der Waals surface area contributed by atoms with Crippen molar-refractivity contribution in [1.29, 1.82) is 0 Å². The van der Waals surface area contributed by atoms with E-state index in [0.29, 0.717) is 0 Å². The Kier molecular flexibility index (Phi) is 9.68. The average Bonchev–Trinajstić information content (AvgIpc) is 3.63. The van der Waals surface area contributed by atoms with Crippen LogP contribution in [0.2, 0.25) is 0 Å². The fourth-order valence-electron chi connectivity index (χ4n) is 9.19. The Morgan fingerprint density at radius 1 is 0.371 bits per heavy atom. The average molecular weight is 801 g/mol. The summed E-state index contributed by atoms with van der Waals surface area (Å²) in [6.07, 6.45) is 0. The van der Waals surface area contributed by atoms with E-state index in [9.17, 15) is 0 Å². The van der Waals surface area contributed by atoms with Crippen LogP contribution >= 0.6 is 0 Å². The normalized spacial score (nSPS) is 12.0. The Hall–Kier alpha value is -7.16. The molecule has 9 aromatic carbocycles. The van der Waals surface area contributed by atoms with Gasteiger partial charge >= 0.3 is 0 Å². The fraction of sp³-hybridized carbons (Fsp3) is 0.133. The summed E-state index contributed by atoms with van der Waals surface area (Å²) in [7, 11) is 0. The van der Waals surface area contributed by atoms with E-state index in [1.54, 1.807) is 0 Å². The standard InChI is InChI=1S/C60H52N2/c1-59(2,3)45-36-44(37-46(40-45)60(4,5)6)50-30-18-20-41-21-19-31-53(58(41)50)51-28-13-15-32-55(51)61(47-23-9-7-10-24-47)49-27-17-22-42(38-49)43-34-35-57-54(39-43)52-29-14-16-33-56(52)62(57)48-25-11-8-12-26-48/h7-40H,1-6H3. The first-order valence-electron chi connectivity index (χ1n) is 21.8. The molecule has 0 aliphatic carbocycles. The molecule has 0 saturated heterocycles. The van der Waals surface area contributed by atoms with Crippen LogP contribution < -0.4 is 4.90 Å². The molecule has 0 unspecified atom stereocenters. The third-order valence-corrected chi connectivity index (χ3v) is 12.5. The van der Waals surface area contributed by atoms with Gasteiger partial charge in [-0.3, -0.25) is 0 Å². The third kappa shape index (κ3) is 7.06. The first-order valence-corrected chi connectivity index (χ1v) is 21.8. The van der Waals surface area contributed by atoms with Crippen LogP contribution in [-0.2, 0) is 10.8 Å². The molecule has 10 aromatic rings. The first kappa shape index (κ1) is 39.0. The molecular weight excluding hydrogens is 749 g/mol. The first-order chi connectivity index (χ1) is 30.0. The van der Waals surface area contributed by atoms with Crippen LogP contribution in [0.1, 0.15) is 52.7 Å². The van der Waals surface area contributed by atoms with Gasteiger partial charge in [0, 0.05) is 33.4 Å². The van der Waals surface area contributed by atoms with E-state index in [1.165, 1.54) is 77.1 Å². The fourth-order valence-corrected chi connectivity index (χ4v) is 9.19. The summed E-state index contributed by atoms with van der Waals surface area (Å²) in [5.74, 6) is 0. The highest BCUT2D eigenvalue weighted by molar-refractivity contribution is 6.11. The van der Waals surface area contributed by atoms with Crippen LogP contribution in [0.4, 0.5) is 17.1 Å². The lowest BCUT2D eigenvalue weighted by molar-refractivity contribution is 0.569. The molecule has 302 valence electrons. The van der Waals surface area contributed by atoms with E-state index < -0.39 is 0 Å². The molecule has 0 aliphatic rings. The van der Waals surface area contributed by atoms with Crippen molar-refractivity contribution in [2.45, 2.75) is 52.4 Å². The maximum Gasteiger partial charge on any atom is 0.0541 e. The van der Waals surface area contributed by atoms with Gasteiger partial charge in [-0.15, -0.1) is 0 Å². The SMILES string of the molecule is CC(C)(C)c1cc(-c2cccc3cccc(-c4ccccc4N(c4ccccc4)c4cccc(-c5ccc6c(c5)c5ccccc5n6-c5ccccc5)c4)c23)cc(C(C)(C)C)c1. The van der Waals surface area contributed by atoms with Crippen LogP contribution in [0.3, 0.4) is 0 Å². The number of aromatic nitrogens is 1. The Labute approximate surface area is 366 Å². The molecular formula is C60H52N2. The maximum atomic E-state index is 2.43. The molecule has 0 amide bonds. The van der Waals surface area contributed by atoms with Crippen LogP contribution in [0, 0.1) is 0 Å². The largest absolute Gasteiger partial charge is 0.310 e. The minimum atomic E-state index is 0.00748. The molecule has 0 N–H and O–H groups in total. The Morgan fingerprint density at radius 3 is 1.66 bits per heavy atom. The highest BCUT2D eigenvalue weighted by Crippen LogP contribution is 2.46. The number of anilines is 3. The summed E-state index contributed by atoms with van der Waals surface area (Å²) in [5, 5.41) is 4.98. The van der Waals surface area contributed by atoms with E-state index >= 15 is 0 Å². The molecule has 0 atom stereocenters. The van der Waals surface area contributed by atoms with Gasteiger partial charge in [-0.1, -0.05) is 187 Å². The maximum absolute atomic E-state index is 2.43. The van der Waals surface area contributed by atoms with Crippen LogP contribution in [0.5, 0.6) is 0 Å². The molecule has 0 radical (unpaired) electrons. The van der Waals surface area contributed by atoms with E-state index in [-0.39, 0.29) is 10.8 Å². The predicted molar refractivity (Wildman–Crippen MR) is 267 cm³/mol. The zero-order chi connectivity index (χ0) is 42.6. The van der Waals surface area contributed by atoms with E-state index in [0.717, 1.165) is 22.7 Å². The van der Waals surface area contributed by atoms with E-state index in [4.69, 9.17) is 0 Å². The number of nitrogens with zero attached hydrogens (tertiary/aromatic N) is 2. The number of benzene rings is 9. The van der Waals surface area contributed by atoms with Gasteiger partial charge in [-0.2, -0.15) is 0 Å². The number of hydrogen-bond donors (Lipinski definition) is 0. The molecule has 0 fully saturated rings. The van der Waals surface area contributed by atoms with Crippen molar-refractivity contribution in [2.24, 2.45) is 0 Å². The quantitative estimate of drug-likeness (QED) is 0.156. The number of rotatable bonds is 7. The topological polar surface area (TPSA) is 8.17 Å². The number of hydrogen-bond acceptors (Lipinski definition) is 1. The summed E-state index contributed by atoms with van der Waals surface area (Å²) < 4.78 is 2.38. The van der Waals surface area contributed by atoms with Crippen LogP contribution in [-0.4, -0.2) is 4.57 Å². The zero-order valence-corrected chi connectivity index (χ0v) is 36.5. The Bertz CT molecular complexity index is 3210. The van der Waals surface area contributed by atoms with Crippen molar-refractivity contribution in [3.63, 3.8) is 0 Å². The molecule has 0 spiro atoms. The van der Waals surface area contributed by atoms with Gasteiger partial charge in [0.2, 0.25) is 0 Å². The summed E-state index contributed by atoms with van der Waals surface area (Å²) in [6, 6.07) is 75.9. The lowest BCUT2D eigenvalue weighted by Crippen LogP contribution is -2.16. The Balaban J connectivity index is 1.15. The lowest BCUT2D eigenvalue weighted by atomic mass is 9.78. The van der Waals surface area contributed by atoms with Gasteiger partial charge in [0.05, 0.1) is 16.7 Å². The van der Waals surface area contributed by atoms with Gasteiger partial charge in [-0.25, -0.2) is 0 Å². The summed E-state index contributed by atoms with van der Waals surface area (Å²) in [5.41, 5.74) is 16.9. The minimum Gasteiger partial charge on any atom is -0.310 e. The van der Waals surface area contributed by atoms with Crippen molar-refractivity contribution in [1.82, 2.24) is 4.57 Å². The number of fused-ring (bicyclic) bond motifs is 4. The summed E-state index contributed by atoms with van der Waals surface area (Å²) in [4.78, 5) is 2.43. The molecule has 0 bridgehead atoms. The molecule has 10 rings (SSSR count). The number of para-hydroxylation sites is 4. The molecule has 1 aromatic heterocycles. The second-order valence-electron chi connectivity index (χ2n) is 18.7. The van der Waals surface area contributed by atoms with Crippen molar-refractivity contribution in [3.8, 4) is 39.1 Å². The van der Waals surface area contributed by atoms with Gasteiger partial charge in [0.15, 0.2) is 0 Å². The predicted octanol–water partition coefficient (Wildman–Crippen LogP) is 17.0. The second kappa shape index (κ2) is 15.4. The van der Waals surface area contributed by atoms with Crippen molar-refractivity contribution in [2.75, 3.05) is 4.90 Å². The zero-order valence-electron chi connectivity index (χ0n) is 36.5. The highest BCUT2D eigenvalue weighted by Gasteiger charge is 2.24. The van der Waals surface area contributed by atoms with Crippen LogP contribution in [0.15, 0.2) is 206 Å². The lowest BCUT2D eigenvalue weighted by Gasteiger charge is -2.29. The van der Waals surface area contributed by atoms with Crippen molar-refractivity contribution in [3.05, 3.63) is 217 Å². The molecule has 2 heteroatoms. The minimum absolute atomic E-state index is 0.00748. The molecule has 62 heavy (non-hydrogen) atoms. The van der Waals surface area contributed by atoms with Crippen LogP contribution in [0.25, 0.3) is 71.6 Å². The molecule has 0 saturated carbocycles. The van der Waals surface area contributed by atoms with Crippen molar-refractivity contribution >= 4 is 49.6 Å². The third-order valence-electron chi connectivity index (χ3n) is 12.5.